The van der Waals surface area contributed by atoms with Crippen molar-refractivity contribution in [2.45, 2.75) is 31.9 Å². The Hall–Kier alpha value is -1.72. The van der Waals surface area contributed by atoms with Gasteiger partial charge in [-0.05, 0) is 18.9 Å². The number of aromatic nitrogens is 2. The number of benzene rings is 1. The first-order chi connectivity index (χ1) is 9.20. The maximum absolute atomic E-state index is 9.48. The quantitative estimate of drug-likeness (QED) is 0.871. The fraction of sp³-hybridized carbons (Fsp3) is 0.429. The van der Waals surface area contributed by atoms with E-state index in [4.69, 9.17) is 4.52 Å². The number of rotatable bonds is 3. The molecule has 2 atom stereocenters. The van der Waals surface area contributed by atoms with Crippen molar-refractivity contribution in [3.63, 3.8) is 0 Å². The van der Waals surface area contributed by atoms with Gasteiger partial charge in [0.2, 0.25) is 5.89 Å². The molecular weight excluding hydrogens is 242 g/mol. The lowest BCUT2D eigenvalue weighted by Gasteiger charge is -2.01. The normalized spacial score (nSPS) is 22.8. The monoisotopic (exact) mass is 259 g/mol. The number of hydrogen-bond acceptors (Lipinski definition) is 5. The van der Waals surface area contributed by atoms with Crippen LogP contribution in [-0.2, 0) is 6.42 Å². The van der Waals surface area contributed by atoms with Crippen molar-refractivity contribution in [3.05, 3.63) is 47.1 Å². The number of β-amino-alcohol motifs (C(OH)–C–C–N with tert-alkyl or cyclic N) is 1. The topological polar surface area (TPSA) is 71.2 Å². The zero-order valence-corrected chi connectivity index (χ0v) is 10.8. The molecule has 0 amide bonds. The summed E-state index contributed by atoms with van der Waals surface area (Å²) < 4.78 is 5.26. The van der Waals surface area contributed by atoms with E-state index in [0.717, 1.165) is 0 Å². The molecule has 19 heavy (non-hydrogen) atoms. The highest BCUT2D eigenvalue weighted by Gasteiger charge is 2.27. The summed E-state index contributed by atoms with van der Waals surface area (Å²) in [6, 6.07) is 8.25. The summed E-state index contributed by atoms with van der Waals surface area (Å²) in [7, 11) is 0. The van der Waals surface area contributed by atoms with Gasteiger partial charge >= 0.3 is 0 Å². The van der Waals surface area contributed by atoms with E-state index >= 15 is 0 Å². The lowest BCUT2D eigenvalue weighted by Crippen LogP contribution is -2.15. The number of aliphatic hydroxyl groups excluding tert-OH is 1. The van der Waals surface area contributed by atoms with Crippen LogP contribution in [0.4, 0.5) is 0 Å². The Morgan fingerprint density at radius 3 is 3.11 bits per heavy atom. The minimum atomic E-state index is -0.322. The van der Waals surface area contributed by atoms with Crippen LogP contribution in [0.15, 0.2) is 28.8 Å². The number of aliphatic hydroxyl groups is 1. The van der Waals surface area contributed by atoms with Crippen LogP contribution in [0.2, 0.25) is 0 Å². The molecule has 1 aromatic carbocycles. The molecule has 1 aliphatic heterocycles. The van der Waals surface area contributed by atoms with Gasteiger partial charge in [-0.25, -0.2) is 0 Å². The van der Waals surface area contributed by atoms with Crippen LogP contribution in [0.1, 0.15) is 35.3 Å². The molecule has 100 valence electrons. The van der Waals surface area contributed by atoms with Crippen molar-refractivity contribution in [2.24, 2.45) is 0 Å². The molecule has 1 fully saturated rings. The van der Waals surface area contributed by atoms with Crippen molar-refractivity contribution in [1.82, 2.24) is 15.5 Å². The first kappa shape index (κ1) is 12.3. The van der Waals surface area contributed by atoms with Crippen LogP contribution in [-0.4, -0.2) is 27.9 Å². The van der Waals surface area contributed by atoms with Crippen LogP contribution >= 0.6 is 0 Å². The van der Waals surface area contributed by atoms with E-state index in [2.05, 4.69) is 40.6 Å². The summed E-state index contributed by atoms with van der Waals surface area (Å²) in [5, 5.41) is 16.6. The minimum Gasteiger partial charge on any atom is -0.392 e. The summed E-state index contributed by atoms with van der Waals surface area (Å²) in [4.78, 5) is 4.40. The molecule has 5 heteroatoms. The fourth-order valence-electron chi connectivity index (χ4n) is 2.39. The van der Waals surface area contributed by atoms with E-state index in [0.29, 0.717) is 31.1 Å². The van der Waals surface area contributed by atoms with E-state index in [1.807, 2.05) is 6.07 Å². The maximum Gasteiger partial charge on any atom is 0.243 e. The van der Waals surface area contributed by atoms with Gasteiger partial charge in [0.05, 0.1) is 12.1 Å². The van der Waals surface area contributed by atoms with E-state index in [1.165, 1.54) is 11.1 Å². The van der Waals surface area contributed by atoms with Crippen molar-refractivity contribution < 1.29 is 9.63 Å². The molecule has 3 rings (SSSR count). The molecule has 0 spiro atoms. The Labute approximate surface area is 111 Å². The molecule has 1 aromatic heterocycles. The molecule has 0 aliphatic carbocycles. The second-order valence-electron chi connectivity index (χ2n) is 5.07. The second-order valence-corrected chi connectivity index (χ2v) is 5.07. The van der Waals surface area contributed by atoms with E-state index < -0.39 is 0 Å². The average molecular weight is 259 g/mol. The van der Waals surface area contributed by atoms with Crippen LogP contribution in [0.25, 0.3) is 0 Å². The molecule has 0 bridgehead atoms. The SMILES string of the molecule is Cc1cccc(Cc2noc([C@@H]3CC(O)CN3)n2)c1. The average Bonchev–Trinajstić information content (AvgIpc) is 2.98. The largest absolute Gasteiger partial charge is 0.392 e. The van der Waals surface area contributed by atoms with Crippen LogP contribution < -0.4 is 5.32 Å². The molecular formula is C14H17N3O2. The van der Waals surface area contributed by atoms with E-state index in [1.54, 1.807) is 0 Å². The molecule has 0 saturated carbocycles. The fourth-order valence-corrected chi connectivity index (χ4v) is 2.39. The van der Waals surface area contributed by atoms with Crippen molar-refractivity contribution in [3.8, 4) is 0 Å². The van der Waals surface area contributed by atoms with Gasteiger partial charge in [0.25, 0.3) is 0 Å². The van der Waals surface area contributed by atoms with E-state index in [-0.39, 0.29) is 12.1 Å². The Balaban J connectivity index is 1.71. The van der Waals surface area contributed by atoms with Crippen molar-refractivity contribution in [2.75, 3.05) is 6.54 Å². The molecule has 2 aromatic rings. The predicted molar refractivity (Wildman–Crippen MR) is 69.7 cm³/mol. The zero-order chi connectivity index (χ0) is 13.2. The van der Waals surface area contributed by atoms with Gasteiger partial charge in [-0.15, -0.1) is 0 Å². The second kappa shape index (κ2) is 5.11. The molecule has 5 nitrogen and oxygen atoms in total. The number of nitrogens with one attached hydrogen (secondary N) is 1. The first-order valence-corrected chi connectivity index (χ1v) is 6.50. The molecule has 2 N–H and O–H groups in total. The molecule has 1 unspecified atom stereocenters. The Bertz CT molecular complexity index is 567. The van der Waals surface area contributed by atoms with Crippen LogP contribution in [0.3, 0.4) is 0 Å². The summed E-state index contributed by atoms with van der Waals surface area (Å²) in [6.07, 6.45) is 0.976. The molecule has 1 saturated heterocycles. The summed E-state index contributed by atoms with van der Waals surface area (Å²) in [5.41, 5.74) is 2.40. The zero-order valence-electron chi connectivity index (χ0n) is 10.8. The van der Waals surface area contributed by atoms with Crippen LogP contribution in [0.5, 0.6) is 0 Å². The minimum absolute atomic E-state index is 0.0197. The predicted octanol–water partition coefficient (Wildman–Crippen LogP) is 1.36. The smallest absolute Gasteiger partial charge is 0.243 e. The molecule has 0 radical (unpaired) electrons. The standard InChI is InChI=1S/C14H17N3O2/c1-9-3-2-4-10(5-9)6-13-16-14(19-17-13)12-7-11(18)8-15-12/h2-5,11-12,15,18H,6-8H2,1H3/t11?,12-/m0/s1. The highest BCUT2D eigenvalue weighted by molar-refractivity contribution is 5.24. The summed E-state index contributed by atoms with van der Waals surface area (Å²) >= 11 is 0. The Morgan fingerprint density at radius 1 is 1.47 bits per heavy atom. The summed E-state index contributed by atoms with van der Waals surface area (Å²) in [5.74, 6) is 1.25. The van der Waals surface area contributed by atoms with Gasteiger partial charge in [-0.2, -0.15) is 4.98 Å². The van der Waals surface area contributed by atoms with Gasteiger partial charge in [-0.1, -0.05) is 35.0 Å². The third-order valence-electron chi connectivity index (χ3n) is 3.33. The van der Waals surface area contributed by atoms with Gasteiger partial charge in [0.15, 0.2) is 5.82 Å². The highest BCUT2D eigenvalue weighted by Crippen LogP contribution is 2.22. The Kier molecular flexibility index (Phi) is 3.31. The van der Waals surface area contributed by atoms with Gasteiger partial charge < -0.3 is 14.9 Å². The van der Waals surface area contributed by atoms with Crippen molar-refractivity contribution in [1.29, 1.82) is 0 Å². The third-order valence-corrected chi connectivity index (χ3v) is 3.33. The molecule has 2 heterocycles. The first-order valence-electron chi connectivity index (χ1n) is 6.50. The number of aryl methyl sites for hydroxylation is 1. The highest BCUT2D eigenvalue weighted by atomic mass is 16.5. The number of hydrogen-bond donors (Lipinski definition) is 2. The van der Waals surface area contributed by atoms with Gasteiger partial charge in [0, 0.05) is 13.0 Å². The molecule has 1 aliphatic rings. The van der Waals surface area contributed by atoms with Gasteiger partial charge in [-0.3, -0.25) is 0 Å². The Morgan fingerprint density at radius 2 is 2.37 bits per heavy atom. The maximum atomic E-state index is 9.48. The lowest BCUT2D eigenvalue weighted by molar-refractivity contribution is 0.191. The number of nitrogens with zero attached hydrogens (tertiary/aromatic N) is 2. The van der Waals surface area contributed by atoms with E-state index in [9.17, 15) is 5.11 Å². The van der Waals surface area contributed by atoms with Crippen molar-refractivity contribution >= 4 is 0 Å². The van der Waals surface area contributed by atoms with Crippen LogP contribution in [0, 0.1) is 6.92 Å². The lowest BCUT2D eigenvalue weighted by atomic mass is 10.1. The third kappa shape index (κ3) is 2.83. The van der Waals surface area contributed by atoms with Gasteiger partial charge in [0.1, 0.15) is 0 Å². The summed E-state index contributed by atoms with van der Waals surface area (Å²) in [6.45, 7) is 2.65.